The average Bonchev–Trinajstić information content (AvgIpc) is 3.22. The van der Waals surface area contributed by atoms with E-state index in [9.17, 15) is 9.59 Å². The first-order chi connectivity index (χ1) is 14.0. The molecule has 0 unspecified atom stereocenters. The molecule has 0 fully saturated rings. The largest absolute Gasteiger partial charge is 0.479 e. The van der Waals surface area contributed by atoms with Crippen LogP contribution in [0.2, 0.25) is 0 Å². The lowest BCUT2D eigenvalue weighted by atomic mass is 10.2. The fourth-order valence-electron chi connectivity index (χ4n) is 3.13. The number of urea groups is 1. The van der Waals surface area contributed by atoms with Crippen molar-refractivity contribution in [2.24, 2.45) is 0 Å². The summed E-state index contributed by atoms with van der Waals surface area (Å²) < 4.78 is 5.57. The number of hydrogen-bond donors (Lipinski definition) is 2. The summed E-state index contributed by atoms with van der Waals surface area (Å²) in [6.45, 7) is 9.86. The molecule has 1 aliphatic heterocycles. The number of carbonyl (C=O) groups is 2. The second-order valence-electron chi connectivity index (χ2n) is 6.92. The number of benzene rings is 1. The molecule has 0 spiro atoms. The smallest absolute Gasteiger partial charge is 0.322 e. The quantitative estimate of drug-likeness (QED) is 0.686. The zero-order valence-electron chi connectivity index (χ0n) is 17.1. The zero-order chi connectivity index (χ0) is 20.8. The number of thiophene rings is 1. The van der Waals surface area contributed by atoms with Gasteiger partial charge in [-0.25, -0.2) is 4.79 Å². The lowest BCUT2D eigenvalue weighted by Gasteiger charge is -2.27. The molecule has 8 heteroatoms. The van der Waals surface area contributed by atoms with E-state index in [0.29, 0.717) is 30.2 Å². The second kappa shape index (κ2) is 9.76. The first kappa shape index (κ1) is 21.1. The van der Waals surface area contributed by atoms with Crippen molar-refractivity contribution in [3.05, 3.63) is 40.6 Å². The van der Waals surface area contributed by atoms with E-state index in [1.807, 2.05) is 22.4 Å². The van der Waals surface area contributed by atoms with E-state index in [-0.39, 0.29) is 11.9 Å². The van der Waals surface area contributed by atoms with Gasteiger partial charge >= 0.3 is 6.03 Å². The Morgan fingerprint density at radius 2 is 2.03 bits per heavy atom. The Labute approximate surface area is 175 Å². The molecule has 0 bridgehead atoms. The number of hydrogen-bond acceptors (Lipinski definition) is 5. The number of anilines is 2. The fourth-order valence-corrected chi connectivity index (χ4v) is 3.85. The van der Waals surface area contributed by atoms with Gasteiger partial charge in [0.2, 0.25) is 0 Å². The SMILES string of the molecule is CCN(CC)CCN(Cc1cccs1)C(=O)Nc1ccc2c(c1)NC(=O)[C@H](C)O2. The number of ether oxygens (including phenoxy) is 1. The van der Waals surface area contributed by atoms with E-state index in [1.54, 1.807) is 36.5 Å². The normalized spacial score (nSPS) is 15.4. The number of nitrogens with zero attached hydrogens (tertiary/aromatic N) is 2. The molecule has 0 saturated heterocycles. The van der Waals surface area contributed by atoms with E-state index in [0.717, 1.165) is 24.5 Å². The average molecular weight is 417 g/mol. The van der Waals surface area contributed by atoms with Crippen LogP contribution < -0.4 is 15.4 Å². The first-order valence-corrected chi connectivity index (χ1v) is 10.8. The summed E-state index contributed by atoms with van der Waals surface area (Å²) in [6.07, 6.45) is -0.524. The van der Waals surface area contributed by atoms with Crippen molar-refractivity contribution in [2.75, 3.05) is 36.8 Å². The number of fused-ring (bicyclic) bond motifs is 1. The van der Waals surface area contributed by atoms with Crippen LogP contribution >= 0.6 is 11.3 Å². The third-order valence-electron chi connectivity index (χ3n) is 4.96. The van der Waals surface area contributed by atoms with Gasteiger partial charge in [0.25, 0.3) is 5.91 Å². The van der Waals surface area contributed by atoms with Gasteiger partial charge in [-0.15, -0.1) is 11.3 Å². The third-order valence-corrected chi connectivity index (χ3v) is 5.82. The van der Waals surface area contributed by atoms with Gasteiger partial charge in [0.15, 0.2) is 6.10 Å². The molecule has 1 atom stereocenters. The summed E-state index contributed by atoms with van der Waals surface area (Å²) in [6, 6.07) is 9.14. The lowest BCUT2D eigenvalue weighted by Crippen LogP contribution is -2.40. The van der Waals surface area contributed by atoms with Gasteiger partial charge in [0, 0.05) is 23.7 Å². The number of carbonyl (C=O) groups excluding carboxylic acids is 2. The molecule has 1 aliphatic rings. The Balaban J connectivity index is 1.70. The highest BCUT2D eigenvalue weighted by molar-refractivity contribution is 7.09. The van der Waals surface area contributed by atoms with Crippen molar-refractivity contribution in [3.63, 3.8) is 0 Å². The number of amides is 3. The molecule has 3 amide bonds. The van der Waals surface area contributed by atoms with Crippen LogP contribution in [0.3, 0.4) is 0 Å². The maximum atomic E-state index is 13.0. The van der Waals surface area contributed by atoms with Gasteiger partial charge in [0.1, 0.15) is 5.75 Å². The van der Waals surface area contributed by atoms with Gasteiger partial charge < -0.3 is 25.2 Å². The molecular weight excluding hydrogens is 388 g/mol. The van der Waals surface area contributed by atoms with Gasteiger partial charge in [-0.2, -0.15) is 0 Å². The van der Waals surface area contributed by atoms with Gasteiger partial charge in [-0.05, 0) is 49.7 Å². The maximum Gasteiger partial charge on any atom is 0.322 e. The van der Waals surface area contributed by atoms with E-state index < -0.39 is 6.10 Å². The van der Waals surface area contributed by atoms with Crippen LogP contribution in [0.4, 0.5) is 16.2 Å². The summed E-state index contributed by atoms with van der Waals surface area (Å²) in [5, 5.41) is 7.78. The summed E-state index contributed by atoms with van der Waals surface area (Å²) in [7, 11) is 0. The molecule has 1 aromatic carbocycles. The van der Waals surface area contributed by atoms with Crippen molar-refractivity contribution in [1.82, 2.24) is 9.80 Å². The highest BCUT2D eigenvalue weighted by atomic mass is 32.1. The minimum absolute atomic E-state index is 0.165. The Hall–Kier alpha value is -2.58. The topological polar surface area (TPSA) is 73.9 Å². The molecule has 2 heterocycles. The van der Waals surface area contributed by atoms with Gasteiger partial charge in [-0.3, -0.25) is 4.79 Å². The number of rotatable bonds is 8. The highest BCUT2D eigenvalue weighted by Crippen LogP contribution is 2.32. The molecule has 2 aromatic rings. The van der Waals surface area contributed by atoms with Crippen molar-refractivity contribution >= 4 is 34.6 Å². The molecular formula is C21H28N4O3S. The minimum atomic E-state index is -0.524. The predicted octanol–water partition coefficient (Wildman–Crippen LogP) is 3.84. The van der Waals surface area contributed by atoms with Crippen molar-refractivity contribution in [3.8, 4) is 5.75 Å². The molecule has 156 valence electrons. The number of nitrogens with one attached hydrogen (secondary N) is 2. The molecule has 7 nitrogen and oxygen atoms in total. The highest BCUT2D eigenvalue weighted by Gasteiger charge is 2.24. The summed E-state index contributed by atoms with van der Waals surface area (Å²) in [4.78, 5) is 30.1. The molecule has 0 aliphatic carbocycles. The Morgan fingerprint density at radius 3 is 2.72 bits per heavy atom. The van der Waals surface area contributed by atoms with E-state index >= 15 is 0 Å². The van der Waals surface area contributed by atoms with Gasteiger partial charge in [0.05, 0.1) is 12.2 Å². The summed E-state index contributed by atoms with van der Waals surface area (Å²) >= 11 is 1.64. The van der Waals surface area contributed by atoms with Crippen LogP contribution in [-0.4, -0.2) is 54.0 Å². The van der Waals surface area contributed by atoms with Crippen LogP contribution in [-0.2, 0) is 11.3 Å². The lowest BCUT2D eigenvalue weighted by molar-refractivity contribution is -0.122. The van der Waals surface area contributed by atoms with Crippen molar-refractivity contribution in [2.45, 2.75) is 33.4 Å². The maximum absolute atomic E-state index is 13.0. The second-order valence-corrected chi connectivity index (χ2v) is 7.95. The molecule has 3 rings (SSSR count). The van der Waals surface area contributed by atoms with Crippen LogP contribution in [0.25, 0.3) is 0 Å². The van der Waals surface area contributed by atoms with Crippen LogP contribution in [0.1, 0.15) is 25.6 Å². The monoisotopic (exact) mass is 416 g/mol. The van der Waals surface area contributed by atoms with Gasteiger partial charge in [-0.1, -0.05) is 19.9 Å². The molecule has 2 N–H and O–H groups in total. The van der Waals surface area contributed by atoms with E-state index in [1.165, 1.54) is 0 Å². The fraction of sp³-hybridized carbons (Fsp3) is 0.429. The van der Waals surface area contributed by atoms with Crippen molar-refractivity contribution in [1.29, 1.82) is 0 Å². The predicted molar refractivity (Wildman–Crippen MR) is 117 cm³/mol. The standard InChI is InChI=1S/C21H28N4O3S/c1-4-24(5-2)10-11-25(14-17-7-6-12-29-17)21(27)22-16-8-9-19-18(13-16)23-20(26)15(3)28-19/h6-9,12-13,15H,4-5,10-11,14H2,1-3H3,(H,22,27)(H,23,26)/t15-/m0/s1. The summed E-state index contributed by atoms with van der Waals surface area (Å²) in [5.74, 6) is 0.409. The zero-order valence-corrected chi connectivity index (χ0v) is 17.9. The summed E-state index contributed by atoms with van der Waals surface area (Å²) in [5.41, 5.74) is 1.19. The van der Waals surface area contributed by atoms with Crippen LogP contribution in [0.15, 0.2) is 35.7 Å². The molecule has 29 heavy (non-hydrogen) atoms. The molecule has 0 saturated carbocycles. The van der Waals surface area contributed by atoms with Crippen LogP contribution in [0, 0.1) is 0 Å². The molecule has 0 radical (unpaired) electrons. The van der Waals surface area contributed by atoms with Crippen molar-refractivity contribution < 1.29 is 14.3 Å². The Kier molecular flexibility index (Phi) is 7.11. The van der Waals surface area contributed by atoms with E-state index in [2.05, 4.69) is 29.4 Å². The number of likely N-dealkylation sites (N-methyl/N-ethyl adjacent to an activating group) is 1. The third kappa shape index (κ3) is 5.48. The first-order valence-electron chi connectivity index (χ1n) is 9.92. The van der Waals surface area contributed by atoms with Crippen LogP contribution in [0.5, 0.6) is 5.75 Å². The van der Waals surface area contributed by atoms with E-state index in [4.69, 9.17) is 4.74 Å². The Bertz CT molecular complexity index is 836. The minimum Gasteiger partial charge on any atom is -0.479 e. The molecule has 1 aromatic heterocycles. The Morgan fingerprint density at radius 1 is 1.24 bits per heavy atom.